The van der Waals surface area contributed by atoms with Gasteiger partial charge in [-0.05, 0) is 89.8 Å². The molecular weight excluding hydrogens is 733 g/mol. The number of aliphatic imine (C=N–C) groups is 1. The van der Waals surface area contributed by atoms with E-state index in [9.17, 15) is 18.1 Å². The molecule has 0 aliphatic heterocycles. The van der Waals surface area contributed by atoms with Crippen LogP contribution in [0.3, 0.4) is 0 Å². The summed E-state index contributed by atoms with van der Waals surface area (Å²) in [7, 11) is -4.97. The number of azo groups is 1. The predicted octanol–water partition coefficient (Wildman–Crippen LogP) is 7.01. The Labute approximate surface area is 288 Å². The average Bonchev–Trinajstić information content (AvgIpc) is 3.03. The van der Waals surface area contributed by atoms with Gasteiger partial charge in [0.05, 0.1) is 16.9 Å². The van der Waals surface area contributed by atoms with E-state index in [4.69, 9.17) is 28.5 Å². The SMILES string of the molecule is C=C=Nc1nc(Cl)nc(Nc2ccc3c(O)c(N=Nc4cc(Nc5nc(Cl)nc(SC)n5)ccc4SOOO)c(S(=O)(=O)O)cc3c2)n1. The minimum atomic E-state index is -4.97. The summed E-state index contributed by atoms with van der Waals surface area (Å²) in [6.07, 6.45) is 1.76. The number of benzene rings is 3. The maximum absolute atomic E-state index is 12.5. The molecule has 0 spiro atoms. The van der Waals surface area contributed by atoms with E-state index in [0.717, 1.165) is 6.07 Å². The molecule has 0 bridgehead atoms. The maximum Gasteiger partial charge on any atom is 0.296 e. The number of phenols is 1. The fraction of sp³-hybridized carbons (Fsp3) is 0.0400. The number of aromatic nitrogens is 6. The molecule has 0 aliphatic rings. The third-order valence-corrected chi connectivity index (χ3v) is 8.16. The summed E-state index contributed by atoms with van der Waals surface area (Å²) in [5, 5.41) is 37.8. The van der Waals surface area contributed by atoms with E-state index in [1.165, 1.54) is 42.1 Å². The lowest BCUT2D eigenvalue weighted by atomic mass is 10.1. The van der Waals surface area contributed by atoms with Crippen molar-refractivity contribution in [3.8, 4) is 5.75 Å². The van der Waals surface area contributed by atoms with Crippen molar-refractivity contribution in [2.75, 3.05) is 16.9 Å². The van der Waals surface area contributed by atoms with Crippen LogP contribution in [-0.2, 0) is 19.5 Å². The third kappa shape index (κ3) is 8.48. The number of phenolic OH excluding ortho intramolecular Hbond substituents is 1. The topological polar surface area (TPSA) is 252 Å². The highest BCUT2D eigenvalue weighted by Crippen LogP contribution is 2.43. The van der Waals surface area contributed by atoms with E-state index in [0.29, 0.717) is 28.6 Å². The monoisotopic (exact) mass is 749 g/mol. The molecule has 18 nitrogen and oxygen atoms in total. The first-order valence-corrected chi connectivity index (χ1v) is 16.8. The molecule has 0 saturated carbocycles. The quantitative estimate of drug-likeness (QED) is 0.0163. The van der Waals surface area contributed by atoms with E-state index in [2.05, 4.69) is 77.6 Å². The van der Waals surface area contributed by atoms with E-state index in [-0.39, 0.29) is 49.8 Å². The molecule has 0 saturated heterocycles. The Morgan fingerprint density at radius 1 is 0.938 bits per heavy atom. The number of fused-ring (bicyclic) bond motifs is 1. The lowest BCUT2D eigenvalue weighted by Crippen LogP contribution is -2.01. The van der Waals surface area contributed by atoms with Gasteiger partial charge in [-0.2, -0.15) is 43.3 Å². The van der Waals surface area contributed by atoms with Crippen LogP contribution >= 0.6 is 47.0 Å². The highest BCUT2D eigenvalue weighted by molar-refractivity contribution is 7.98. The van der Waals surface area contributed by atoms with Crippen LogP contribution in [0.1, 0.15) is 0 Å². The molecule has 0 amide bonds. The number of hydrogen-bond donors (Lipinski definition) is 5. The summed E-state index contributed by atoms with van der Waals surface area (Å²) in [5.74, 6) is 1.70. The second kappa shape index (κ2) is 15.1. The summed E-state index contributed by atoms with van der Waals surface area (Å²) in [4.78, 5) is 27.2. The normalized spacial score (nSPS) is 11.5. The first-order valence-electron chi connectivity index (χ1n) is 12.6. The third-order valence-electron chi connectivity index (χ3n) is 5.76. The molecule has 5 N–H and O–H groups in total. The van der Waals surface area contributed by atoms with Crippen LogP contribution in [0.15, 0.2) is 79.2 Å². The molecular formula is C25H17Cl2N11O7S3. The van der Waals surface area contributed by atoms with Crippen LogP contribution in [0.5, 0.6) is 5.75 Å². The standard InChI is InChI=1S/C25H17Cl2N11O7S3/c1-3-28-22-31-20(26)32-23(35-22)29-12-4-6-14-11(8-12)9-17(48(41,42)43)18(19(14)39)38-37-15-10-13(5-7-16(15)47-45-44-40)30-24-33-21(27)34-25(36-24)46-2/h4-10,39-40H,1H2,2H3,(H,41,42,43)(H,29,31,32,35)(H,30,33,34,36). The van der Waals surface area contributed by atoms with E-state index < -0.39 is 26.5 Å². The van der Waals surface area contributed by atoms with Crippen molar-refractivity contribution in [1.82, 2.24) is 29.9 Å². The largest absolute Gasteiger partial charge is 0.505 e. The zero-order chi connectivity index (χ0) is 34.4. The van der Waals surface area contributed by atoms with Gasteiger partial charge in [-0.15, -0.1) is 14.6 Å². The van der Waals surface area contributed by atoms with Gasteiger partial charge in [-0.1, -0.05) is 16.8 Å². The number of halogens is 2. The summed E-state index contributed by atoms with van der Waals surface area (Å²) >= 11 is 13.7. The molecule has 3 aromatic carbocycles. The van der Waals surface area contributed by atoms with Gasteiger partial charge < -0.3 is 15.7 Å². The van der Waals surface area contributed by atoms with Crippen LogP contribution in [0.2, 0.25) is 10.6 Å². The maximum atomic E-state index is 12.5. The summed E-state index contributed by atoms with van der Waals surface area (Å²) < 4.78 is 39.6. The first kappa shape index (κ1) is 34.8. The molecule has 2 aromatic heterocycles. The number of hydrogen-bond acceptors (Lipinski definition) is 19. The predicted molar refractivity (Wildman–Crippen MR) is 177 cm³/mol. The van der Waals surface area contributed by atoms with Gasteiger partial charge in [-0.3, -0.25) is 4.55 Å². The van der Waals surface area contributed by atoms with Crippen molar-refractivity contribution >= 4 is 114 Å². The molecule has 0 atom stereocenters. The Morgan fingerprint density at radius 3 is 2.31 bits per heavy atom. The summed E-state index contributed by atoms with van der Waals surface area (Å²) in [6.45, 7) is 3.35. The fourth-order valence-electron chi connectivity index (χ4n) is 3.88. The smallest absolute Gasteiger partial charge is 0.296 e. The zero-order valence-electron chi connectivity index (χ0n) is 23.7. The summed E-state index contributed by atoms with van der Waals surface area (Å²) in [5.41, 5.74) is 0.163. The first-order chi connectivity index (χ1) is 23.0. The number of rotatable bonds is 12. The van der Waals surface area contributed by atoms with Gasteiger partial charge in [0.1, 0.15) is 16.3 Å². The van der Waals surface area contributed by atoms with Crippen molar-refractivity contribution in [3.05, 3.63) is 59.6 Å². The molecule has 0 unspecified atom stereocenters. The number of nitrogens with one attached hydrogen (secondary N) is 2. The van der Waals surface area contributed by atoms with E-state index in [1.54, 1.807) is 12.3 Å². The van der Waals surface area contributed by atoms with Gasteiger partial charge in [0, 0.05) is 16.8 Å². The molecule has 2 heterocycles. The van der Waals surface area contributed by atoms with Gasteiger partial charge in [-0.25, -0.2) is 5.26 Å². The molecule has 23 heteroatoms. The van der Waals surface area contributed by atoms with Crippen LogP contribution in [-0.4, -0.2) is 65.4 Å². The average molecular weight is 751 g/mol. The second-order valence-corrected chi connectivity index (χ2v) is 12.3. The minimum Gasteiger partial charge on any atom is -0.505 e. The van der Waals surface area contributed by atoms with Crippen LogP contribution in [0, 0.1) is 0 Å². The molecule has 5 rings (SSSR count). The van der Waals surface area contributed by atoms with Gasteiger partial charge in [0.25, 0.3) is 16.1 Å². The van der Waals surface area contributed by atoms with Crippen LogP contribution in [0.4, 0.5) is 40.6 Å². The number of anilines is 4. The Balaban J connectivity index is 1.54. The van der Waals surface area contributed by atoms with Gasteiger partial charge in [0.15, 0.2) is 10.9 Å². The van der Waals surface area contributed by atoms with E-state index in [1.807, 2.05) is 0 Å². The highest BCUT2D eigenvalue weighted by atomic mass is 35.5. The van der Waals surface area contributed by atoms with Gasteiger partial charge >= 0.3 is 0 Å². The number of thioether (sulfide) groups is 1. The molecule has 246 valence electrons. The van der Waals surface area contributed by atoms with Crippen molar-refractivity contribution in [2.24, 2.45) is 15.2 Å². The number of nitrogens with zero attached hydrogens (tertiary/aromatic N) is 9. The van der Waals surface area contributed by atoms with Crippen molar-refractivity contribution < 1.29 is 32.7 Å². The highest BCUT2D eigenvalue weighted by Gasteiger charge is 2.23. The summed E-state index contributed by atoms with van der Waals surface area (Å²) in [6, 6.07) is 10.0. The Bertz CT molecular complexity index is 2230. The molecule has 0 aliphatic carbocycles. The molecule has 5 aromatic rings. The Morgan fingerprint density at radius 2 is 1.62 bits per heavy atom. The Hall–Kier alpha value is -4.54. The lowest BCUT2D eigenvalue weighted by molar-refractivity contribution is -0.432. The van der Waals surface area contributed by atoms with Crippen molar-refractivity contribution in [2.45, 2.75) is 14.9 Å². The van der Waals surface area contributed by atoms with Crippen molar-refractivity contribution in [3.63, 3.8) is 0 Å². The fourth-order valence-corrected chi connectivity index (χ4v) is 5.67. The molecule has 0 radical (unpaired) electrons. The van der Waals surface area contributed by atoms with Crippen LogP contribution in [0.25, 0.3) is 10.8 Å². The molecule has 48 heavy (non-hydrogen) atoms. The van der Waals surface area contributed by atoms with Crippen molar-refractivity contribution in [1.29, 1.82) is 0 Å². The van der Waals surface area contributed by atoms with Gasteiger partial charge in [0.2, 0.25) is 22.5 Å². The lowest BCUT2D eigenvalue weighted by Gasteiger charge is -2.11. The number of aromatic hydroxyl groups is 1. The molecule has 0 fully saturated rings. The Kier molecular flexibility index (Phi) is 11.0. The second-order valence-electron chi connectivity index (χ2n) is 8.75. The zero-order valence-corrected chi connectivity index (χ0v) is 27.7. The van der Waals surface area contributed by atoms with E-state index >= 15 is 0 Å². The van der Waals surface area contributed by atoms with Crippen LogP contribution < -0.4 is 10.6 Å². The minimum absolute atomic E-state index is 0.00255.